The zero-order chi connectivity index (χ0) is 11.1. The van der Waals surface area contributed by atoms with Crippen LogP contribution in [0.3, 0.4) is 0 Å². The molecule has 1 aromatic rings. The van der Waals surface area contributed by atoms with Gasteiger partial charge in [-0.05, 0) is 19.1 Å². The van der Waals surface area contributed by atoms with Gasteiger partial charge < -0.3 is 10.1 Å². The summed E-state index contributed by atoms with van der Waals surface area (Å²) >= 11 is 0. The van der Waals surface area contributed by atoms with Crippen LogP contribution in [0.1, 0.15) is 17.8 Å². The maximum Gasteiger partial charge on any atom is 0.306 e. The predicted octanol–water partition coefficient (Wildman–Crippen LogP) is 1.04. The first-order chi connectivity index (χ1) is 7.22. The maximum absolute atomic E-state index is 10.8. The number of nitrogens with one attached hydrogen (secondary N) is 1. The summed E-state index contributed by atoms with van der Waals surface area (Å²) in [5.41, 5.74) is 1.99. The highest BCUT2D eigenvalue weighted by Crippen LogP contribution is 1.97. The summed E-state index contributed by atoms with van der Waals surface area (Å²) in [5.74, 6) is -0.195. The molecule has 0 spiro atoms. The van der Waals surface area contributed by atoms with Gasteiger partial charge in [0.15, 0.2) is 0 Å². The lowest BCUT2D eigenvalue weighted by Gasteiger charge is -2.03. The minimum Gasteiger partial charge on any atom is -0.469 e. The van der Waals surface area contributed by atoms with Crippen LogP contribution in [-0.4, -0.2) is 24.6 Å². The molecule has 1 heterocycles. The lowest BCUT2D eigenvalue weighted by molar-refractivity contribution is -0.140. The number of esters is 1. The fraction of sp³-hybridized carbons (Fsp3) is 0.455. The quantitative estimate of drug-likeness (QED) is 0.580. The number of nitrogens with zero attached hydrogens (tertiary/aromatic N) is 1. The normalized spacial score (nSPS) is 10.0. The molecule has 0 aromatic carbocycles. The Bertz CT molecular complexity index is 326. The molecule has 0 aliphatic rings. The lowest BCUT2D eigenvalue weighted by atomic mass is 10.3. The third kappa shape index (κ3) is 4.56. The van der Waals surface area contributed by atoms with Gasteiger partial charge in [-0.3, -0.25) is 9.78 Å². The highest BCUT2D eigenvalue weighted by molar-refractivity contribution is 5.69. The van der Waals surface area contributed by atoms with Crippen LogP contribution < -0.4 is 5.32 Å². The van der Waals surface area contributed by atoms with Crippen molar-refractivity contribution in [1.82, 2.24) is 10.3 Å². The predicted molar refractivity (Wildman–Crippen MR) is 57.3 cm³/mol. The number of aryl methyl sites for hydroxylation is 1. The molecule has 0 saturated heterocycles. The molecule has 4 heteroatoms. The number of carbonyl (C=O) groups is 1. The van der Waals surface area contributed by atoms with Gasteiger partial charge in [0, 0.05) is 18.8 Å². The van der Waals surface area contributed by atoms with Gasteiger partial charge in [0.25, 0.3) is 0 Å². The van der Waals surface area contributed by atoms with E-state index >= 15 is 0 Å². The molecule has 0 saturated carbocycles. The van der Waals surface area contributed by atoms with E-state index in [0.717, 1.165) is 11.4 Å². The monoisotopic (exact) mass is 208 g/mol. The SMILES string of the molecule is COC(=O)CCNCc1cccc(C)n1. The molecule has 0 aliphatic carbocycles. The standard InChI is InChI=1S/C11H16N2O2/c1-9-4-3-5-10(13-9)8-12-7-6-11(14)15-2/h3-5,12H,6-8H2,1-2H3. The fourth-order valence-corrected chi connectivity index (χ4v) is 1.21. The number of rotatable bonds is 5. The van der Waals surface area contributed by atoms with E-state index in [-0.39, 0.29) is 5.97 Å². The highest BCUT2D eigenvalue weighted by Gasteiger charge is 1.99. The largest absolute Gasteiger partial charge is 0.469 e. The van der Waals surface area contributed by atoms with E-state index in [9.17, 15) is 4.79 Å². The van der Waals surface area contributed by atoms with Crippen LogP contribution in [0, 0.1) is 6.92 Å². The number of hydrogen-bond acceptors (Lipinski definition) is 4. The molecule has 1 aromatic heterocycles. The summed E-state index contributed by atoms with van der Waals surface area (Å²) in [6.45, 7) is 3.25. The van der Waals surface area contributed by atoms with Crippen LogP contribution in [0.15, 0.2) is 18.2 Å². The Labute approximate surface area is 89.7 Å². The topological polar surface area (TPSA) is 51.2 Å². The van der Waals surface area contributed by atoms with Crippen molar-refractivity contribution in [2.45, 2.75) is 19.9 Å². The fourth-order valence-electron chi connectivity index (χ4n) is 1.21. The highest BCUT2D eigenvalue weighted by atomic mass is 16.5. The van der Waals surface area contributed by atoms with Crippen LogP contribution in [-0.2, 0) is 16.1 Å². The molecular formula is C11H16N2O2. The number of hydrogen-bond donors (Lipinski definition) is 1. The second-order valence-electron chi connectivity index (χ2n) is 3.27. The van der Waals surface area contributed by atoms with Crippen LogP contribution in [0.5, 0.6) is 0 Å². The molecule has 1 rings (SSSR count). The smallest absolute Gasteiger partial charge is 0.306 e. The second kappa shape index (κ2) is 6.14. The Hall–Kier alpha value is -1.42. The molecule has 0 amide bonds. The Morgan fingerprint density at radius 3 is 3.00 bits per heavy atom. The van der Waals surface area contributed by atoms with Gasteiger partial charge in [0.1, 0.15) is 0 Å². The van der Waals surface area contributed by atoms with E-state index in [1.54, 1.807) is 0 Å². The third-order valence-electron chi connectivity index (χ3n) is 1.99. The van der Waals surface area contributed by atoms with Crippen molar-refractivity contribution in [3.63, 3.8) is 0 Å². The Morgan fingerprint density at radius 1 is 1.53 bits per heavy atom. The first-order valence-electron chi connectivity index (χ1n) is 4.92. The zero-order valence-corrected chi connectivity index (χ0v) is 9.12. The number of aromatic nitrogens is 1. The molecule has 0 unspecified atom stereocenters. The molecular weight excluding hydrogens is 192 g/mol. The van der Waals surface area contributed by atoms with E-state index in [1.807, 2.05) is 25.1 Å². The van der Waals surface area contributed by atoms with E-state index in [4.69, 9.17) is 0 Å². The summed E-state index contributed by atoms with van der Waals surface area (Å²) in [6, 6.07) is 5.88. The van der Waals surface area contributed by atoms with Crippen LogP contribution in [0.25, 0.3) is 0 Å². The molecule has 0 bridgehead atoms. The molecule has 0 aliphatic heterocycles. The average molecular weight is 208 g/mol. The summed E-state index contributed by atoms with van der Waals surface area (Å²) in [4.78, 5) is 15.1. The number of methoxy groups -OCH3 is 1. The van der Waals surface area contributed by atoms with Gasteiger partial charge in [-0.1, -0.05) is 6.07 Å². The minimum absolute atomic E-state index is 0.195. The van der Waals surface area contributed by atoms with Crippen molar-refractivity contribution >= 4 is 5.97 Å². The van der Waals surface area contributed by atoms with Gasteiger partial charge in [-0.2, -0.15) is 0 Å². The van der Waals surface area contributed by atoms with E-state index in [2.05, 4.69) is 15.0 Å². The van der Waals surface area contributed by atoms with Crippen molar-refractivity contribution in [3.8, 4) is 0 Å². The van der Waals surface area contributed by atoms with Gasteiger partial charge in [-0.15, -0.1) is 0 Å². The van der Waals surface area contributed by atoms with Crippen molar-refractivity contribution in [2.75, 3.05) is 13.7 Å². The molecule has 4 nitrogen and oxygen atoms in total. The number of carbonyl (C=O) groups excluding carboxylic acids is 1. The van der Waals surface area contributed by atoms with E-state index < -0.39 is 0 Å². The molecule has 0 radical (unpaired) electrons. The lowest BCUT2D eigenvalue weighted by Crippen LogP contribution is -2.19. The molecule has 82 valence electrons. The van der Waals surface area contributed by atoms with Gasteiger partial charge in [-0.25, -0.2) is 0 Å². The van der Waals surface area contributed by atoms with Crippen LogP contribution >= 0.6 is 0 Å². The van der Waals surface area contributed by atoms with Gasteiger partial charge >= 0.3 is 5.97 Å². The Balaban J connectivity index is 2.23. The maximum atomic E-state index is 10.8. The summed E-state index contributed by atoms with van der Waals surface area (Å²) in [7, 11) is 1.39. The van der Waals surface area contributed by atoms with E-state index in [0.29, 0.717) is 19.5 Å². The van der Waals surface area contributed by atoms with Crippen LogP contribution in [0.2, 0.25) is 0 Å². The summed E-state index contributed by atoms with van der Waals surface area (Å²) in [6.07, 6.45) is 0.391. The summed E-state index contributed by atoms with van der Waals surface area (Å²) in [5, 5.41) is 3.13. The Morgan fingerprint density at radius 2 is 2.33 bits per heavy atom. The molecule has 0 fully saturated rings. The number of ether oxygens (including phenoxy) is 1. The Kier molecular flexibility index (Phi) is 4.77. The van der Waals surface area contributed by atoms with Crippen molar-refractivity contribution in [1.29, 1.82) is 0 Å². The average Bonchev–Trinajstić information content (AvgIpc) is 2.24. The first-order valence-corrected chi connectivity index (χ1v) is 4.92. The van der Waals surface area contributed by atoms with Gasteiger partial charge in [0.2, 0.25) is 0 Å². The van der Waals surface area contributed by atoms with Crippen molar-refractivity contribution in [3.05, 3.63) is 29.6 Å². The van der Waals surface area contributed by atoms with Gasteiger partial charge in [0.05, 0.1) is 19.2 Å². The zero-order valence-electron chi connectivity index (χ0n) is 9.12. The first kappa shape index (κ1) is 11.7. The van der Waals surface area contributed by atoms with E-state index in [1.165, 1.54) is 7.11 Å². The number of pyridine rings is 1. The minimum atomic E-state index is -0.195. The van der Waals surface area contributed by atoms with Crippen molar-refractivity contribution in [2.24, 2.45) is 0 Å². The second-order valence-corrected chi connectivity index (χ2v) is 3.27. The third-order valence-corrected chi connectivity index (χ3v) is 1.99. The summed E-state index contributed by atoms with van der Waals surface area (Å²) < 4.78 is 4.53. The van der Waals surface area contributed by atoms with Crippen LogP contribution in [0.4, 0.5) is 0 Å². The molecule has 1 N–H and O–H groups in total. The molecule has 0 atom stereocenters. The van der Waals surface area contributed by atoms with Crippen molar-refractivity contribution < 1.29 is 9.53 Å². The molecule has 15 heavy (non-hydrogen) atoms.